The molecule has 1 aromatic carbocycles. The summed E-state index contributed by atoms with van der Waals surface area (Å²) < 4.78 is 0. The molecule has 1 aliphatic carbocycles. The van der Waals surface area contributed by atoms with Crippen LogP contribution in [-0.4, -0.2) is 5.91 Å². The van der Waals surface area contributed by atoms with Gasteiger partial charge in [0.25, 0.3) is 5.91 Å². The lowest BCUT2D eigenvalue weighted by Gasteiger charge is -2.18. The first-order valence-electron chi connectivity index (χ1n) is 6.90. The summed E-state index contributed by atoms with van der Waals surface area (Å²) in [5.41, 5.74) is 2.59. The van der Waals surface area contributed by atoms with Gasteiger partial charge >= 0.3 is 0 Å². The summed E-state index contributed by atoms with van der Waals surface area (Å²) in [6, 6.07) is 5.07. The van der Waals surface area contributed by atoms with Crippen molar-refractivity contribution in [2.75, 3.05) is 5.32 Å². The Morgan fingerprint density at radius 2 is 2.19 bits per heavy atom. The first-order chi connectivity index (χ1) is 10.0. The number of carbonyl (C=O) groups excluding carboxylic acids is 1. The number of rotatable bonds is 2. The zero-order valence-corrected chi connectivity index (χ0v) is 13.9. The minimum atomic E-state index is -0.0914. The van der Waals surface area contributed by atoms with Crippen molar-refractivity contribution in [1.82, 2.24) is 0 Å². The maximum Gasteiger partial charge on any atom is 0.256 e. The number of hydrogen-bond acceptors (Lipinski definition) is 2. The van der Waals surface area contributed by atoms with Crippen LogP contribution in [0.25, 0.3) is 0 Å². The molecule has 0 saturated heterocycles. The molecule has 5 heteroatoms. The number of benzene rings is 1. The fourth-order valence-corrected chi connectivity index (χ4v) is 4.35. The van der Waals surface area contributed by atoms with E-state index in [0.29, 0.717) is 21.7 Å². The van der Waals surface area contributed by atoms with Gasteiger partial charge in [-0.15, -0.1) is 11.3 Å². The molecule has 1 atom stereocenters. The molecule has 0 aliphatic heterocycles. The van der Waals surface area contributed by atoms with Crippen molar-refractivity contribution < 1.29 is 4.79 Å². The quantitative estimate of drug-likeness (QED) is 0.776. The minimum Gasteiger partial charge on any atom is -0.321 e. The van der Waals surface area contributed by atoms with Crippen LogP contribution in [-0.2, 0) is 12.8 Å². The molecule has 1 aromatic heterocycles. The third kappa shape index (κ3) is 3.10. The molecule has 0 radical (unpaired) electrons. The minimum absolute atomic E-state index is 0.0914. The number of fused-ring (bicyclic) bond motifs is 1. The van der Waals surface area contributed by atoms with Crippen molar-refractivity contribution in [1.29, 1.82) is 0 Å². The van der Waals surface area contributed by atoms with Gasteiger partial charge in [0.05, 0.1) is 16.3 Å². The predicted octanol–water partition coefficient (Wildman–Crippen LogP) is 5.43. The third-order valence-corrected chi connectivity index (χ3v) is 5.42. The van der Waals surface area contributed by atoms with E-state index in [2.05, 4.69) is 12.2 Å². The van der Waals surface area contributed by atoms with Gasteiger partial charge in [0.2, 0.25) is 0 Å². The number of halogens is 2. The maximum atomic E-state index is 12.5. The number of nitrogens with one attached hydrogen (secondary N) is 1. The van der Waals surface area contributed by atoms with E-state index in [0.717, 1.165) is 24.8 Å². The summed E-state index contributed by atoms with van der Waals surface area (Å²) in [4.78, 5) is 13.8. The summed E-state index contributed by atoms with van der Waals surface area (Å²) in [6.45, 7) is 2.26. The summed E-state index contributed by atoms with van der Waals surface area (Å²) in [7, 11) is 0. The molecule has 3 rings (SSSR count). The average molecular weight is 340 g/mol. The molecule has 110 valence electrons. The largest absolute Gasteiger partial charge is 0.321 e. The number of hydrogen-bond donors (Lipinski definition) is 1. The smallest absolute Gasteiger partial charge is 0.256 e. The zero-order chi connectivity index (χ0) is 15.0. The van der Waals surface area contributed by atoms with E-state index in [4.69, 9.17) is 23.2 Å². The number of anilines is 1. The Morgan fingerprint density at radius 1 is 1.38 bits per heavy atom. The van der Waals surface area contributed by atoms with E-state index in [9.17, 15) is 4.79 Å². The molecule has 1 N–H and O–H groups in total. The summed E-state index contributed by atoms with van der Waals surface area (Å²) in [5.74, 6) is 0.615. The summed E-state index contributed by atoms with van der Waals surface area (Å²) in [5, 5.41) is 5.85. The highest BCUT2D eigenvalue weighted by molar-refractivity contribution is 7.10. The molecule has 0 saturated carbocycles. The number of thiophene rings is 1. The van der Waals surface area contributed by atoms with Gasteiger partial charge in [-0.2, -0.15) is 0 Å². The molecule has 2 aromatic rings. The van der Waals surface area contributed by atoms with Crippen molar-refractivity contribution in [2.45, 2.75) is 26.2 Å². The van der Waals surface area contributed by atoms with Gasteiger partial charge in [0.1, 0.15) is 0 Å². The summed E-state index contributed by atoms with van der Waals surface area (Å²) >= 11 is 13.7. The first kappa shape index (κ1) is 14.9. The Hall–Kier alpha value is -1.03. The van der Waals surface area contributed by atoms with Crippen LogP contribution in [0.5, 0.6) is 0 Å². The number of carbonyl (C=O) groups is 1. The standard InChI is InChI=1S/C16H15Cl2NOS/c1-9-2-4-11-12(8-21-15(11)6-9)16(20)19-14-5-3-10(17)7-13(14)18/h3,5,7-9H,2,4,6H2,1H3,(H,19,20). The van der Waals surface area contributed by atoms with E-state index >= 15 is 0 Å². The molecule has 1 heterocycles. The lowest BCUT2D eigenvalue weighted by Crippen LogP contribution is -2.16. The van der Waals surface area contributed by atoms with E-state index in [-0.39, 0.29) is 5.91 Å². The van der Waals surface area contributed by atoms with Crippen LogP contribution in [0.2, 0.25) is 10.0 Å². The van der Waals surface area contributed by atoms with Crippen LogP contribution in [0.1, 0.15) is 34.1 Å². The van der Waals surface area contributed by atoms with Crippen molar-refractivity contribution >= 4 is 46.1 Å². The molecule has 0 fully saturated rings. The molecule has 21 heavy (non-hydrogen) atoms. The molecule has 1 amide bonds. The third-order valence-electron chi connectivity index (χ3n) is 3.83. The van der Waals surface area contributed by atoms with Crippen LogP contribution < -0.4 is 5.32 Å². The first-order valence-corrected chi connectivity index (χ1v) is 8.54. The maximum absolute atomic E-state index is 12.5. The zero-order valence-electron chi connectivity index (χ0n) is 11.6. The molecule has 1 aliphatic rings. The Balaban J connectivity index is 1.83. The second-order valence-corrected chi connectivity index (χ2v) is 7.29. The van der Waals surface area contributed by atoms with Gasteiger partial charge in [-0.3, -0.25) is 4.79 Å². The monoisotopic (exact) mass is 339 g/mol. The lowest BCUT2D eigenvalue weighted by molar-refractivity contribution is 0.102. The molecule has 0 spiro atoms. The normalized spacial score (nSPS) is 17.4. The lowest BCUT2D eigenvalue weighted by atomic mass is 9.88. The van der Waals surface area contributed by atoms with Crippen molar-refractivity contribution in [3.05, 3.63) is 49.6 Å². The van der Waals surface area contributed by atoms with Gasteiger partial charge in [0, 0.05) is 15.3 Å². The Labute approximate surface area is 138 Å². The fraction of sp³-hybridized carbons (Fsp3) is 0.312. The highest BCUT2D eigenvalue weighted by Gasteiger charge is 2.23. The molecule has 2 nitrogen and oxygen atoms in total. The number of amides is 1. The Kier molecular flexibility index (Phi) is 4.25. The van der Waals surface area contributed by atoms with Gasteiger partial charge in [-0.25, -0.2) is 0 Å². The summed E-state index contributed by atoms with van der Waals surface area (Å²) in [6.07, 6.45) is 3.21. The van der Waals surface area contributed by atoms with Gasteiger partial charge in [0.15, 0.2) is 0 Å². The van der Waals surface area contributed by atoms with E-state index in [1.807, 2.05) is 5.38 Å². The highest BCUT2D eigenvalue weighted by Crippen LogP contribution is 2.33. The van der Waals surface area contributed by atoms with Crippen molar-refractivity contribution in [2.24, 2.45) is 5.92 Å². The van der Waals surface area contributed by atoms with Gasteiger partial charge < -0.3 is 5.32 Å². The van der Waals surface area contributed by atoms with E-state index in [1.54, 1.807) is 29.5 Å². The molecular weight excluding hydrogens is 325 g/mol. The predicted molar refractivity (Wildman–Crippen MR) is 89.9 cm³/mol. The van der Waals surface area contributed by atoms with Crippen LogP contribution in [0, 0.1) is 5.92 Å². The van der Waals surface area contributed by atoms with Crippen molar-refractivity contribution in [3.63, 3.8) is 0 Å². The molecule has 1 unspecified atom stereocenters. The van der Waals surface area contributed by atoms with Crippen LogP contribution in [0.15, 0.2) is 23.6 Å². The Bertz CT molecular complexity index is 696. The average Bonchev–Trinajstić information content (AvgIpc) is 2.84. The van der Waals surface area contributed by atoms with Gasteiger partial charge in [-0.1, -0.05) is 30.1 Å². The van der Waals surface area contributed by atoms with Crippen LogP contribution >= 0.6 is 34.5 Å². The molecule has 0 bridgehead atoms. The second kappa shape index (κ2) is 5.99. The van der Waals surface area contributed by atoms with Crippen LogP contribution in [0.3, 0.4) is 0 Å². The second-order valence-electron chi connectivity index (χ2n) is 5.48. The SMILES string of the molecule is CC1CCc2c(C(=O)Nc3ccc(Cl)cc3Cl)csc2C1. The van der Waals surface area contributed by atoms with Gasteiger partial charge in [-0.05, 0) is 48.9 Å². The Morgan fingerprint density at radius 3 is 2.95 bits per heavy atom. The fourth-order valence-electron chi connectivity index (χ4n) is 2.65. The molecular formula is C16H15Cl2NOS. The highest BCUT2D eigenvalue weighted by atomic mass is 35.5. The van der Waals surface area contributed by atoms with E-state index < -0.39 is 0 Å². The van der Waals surface area contributed by atoms with E-state index in [1.165, 1.54) is 10.4 Å². The van der Waals surface area contributed by atoms with Crippen molar-refractivity contribution in [3.8, 4) is 0 Å². The van der Waals surface area contributed by atoms with Crippen LogP contribution in [0.4, 0.5) is 5.69 Å². The topological polar surface area (TPSA) is 29.1 Å².